The fourth-order valence-corrected chi connectivity index (χ4v) is 8.17. The number of nitrogens with zero attached hydrogens (tertiary/aromatic N) is 4. The van der Waals surface area contributed by atoms with E-state index in [1.165, 1.54) is 24.9 Å². The number of morpholine rings is 1. The van der Waals surface area contributed by atoms with Crippen LogP contribution in [0.4, 0.5) is 17.1 Å². The number of benzene rings is 2. The van der Waals surface area contributed by atoms with E-state index < -0.39 is 0 Å². The number of aliphatic imine (C=N–C) groups is 1. The summed E-state index contributed by atoms with van der Waals surface area (Å²) in [5, 5.41) is 10.5. The Morgan fingerprint density at radius 1 is 0.769 bits per heavy atom. The molecular formula is C43H64N6O3. The summed E-state index contributed by atoms with van der Waals surface area (Å²) in [6, 6.07) is 18.0. The van der Waals surface area contributed by atoms with Crippen molar-refractivity contribution in [2.24, 2.45) is 52.3 Å². The van der Waals surface area contributed by atoms with Crippen molar-refractivity contribution < 1.29 is 14.3 Å². The Kier molecular flexibility index (Phi) is 15.9. The minimum Gasteiger partial charge on any atom is -0.378 e. The van der Waals surface area contributed by atoms with Crippen LogP contribution in [0, 0.1) is 47.3 Å². The number of anilines is 3. The Morgan fingerprint density at radius 2 is 1.21 bits per heavy atom. The van der Waals surface area contributed by atoms with Gasteiger partial charge in [0.2, 0.25) is 11.8 Å². The van der Waals surface area contributed by atoms with Gasteiger partial charge in [0.1, 0.15) is 0 Å². The highest BCUT2D eigenvalue weighted by atomic mass is 16.5. The Morgan fingerprint density at radius 3 is 1.62 bits per heavy atom. The van der Waals surface area contributed by atoms with Gasteiger partial charge >= 0.3 is 0 Å². The molecule has 9 heteroatoms. The maximum absolute atomic E-state index is 12.9. The molecule has 0 radical (unpaired) electrons. The van der Waals surface area contributed by atoms with Gasteiger partial charge in [-0.25, -0.2) is 4.68 Å². The Hall–Kier alpha value is -3.98. The van der Waals surface area contributed by atoms with E-state index in [-0.39, 0.29) is 23.7 Å². The fraction of sp³-hybridized carbons (Fsp3) is 0.581. The molecule has 52 heavy (non-hydrogen) atoms. The average Bonchev–Trinajstić information content (AvgIpc) is 3.68. The van der Waals surface area contributed by atoms with Crippen LogP contribution in [0.5, 0.6) is 0 Å². The number of ether oxygens (including phenoxy) is 1. The molecule has 2 aliphatic carbocycles. The standard InChI is InChI=1S/C21H32N2O2.C20H27N3O.C2H5N/c1-15(2)19-9-4-16(3)14-20(19)21(24)22-17-5-7-18(8-6-17)23-10-12-25-13-11-23;1-14(2)18-10-5-15(3)13-19(18)20(24)22-16-6-8-17(9-7-16)23-12-4-11-21-23;1-3-2/h5-8,15-16,19-20H,4,9-14H2,1-3H3,(H,22,24);4,6-9,11-12,14-15,18-19H,5,10,13H2,1-3H3,(H,22,24);1H2,2H3. The second-order valence-corrected chi connectivity index (χ2v) is 15.8. The number of aromatic nitrogens is 2. The van der Waals surface area contributed by atoms with E-state index in [0.717, 1.165) is 62.6 Å². The maximum Gasteiger partial charge on any atom is 0.227 e. The van der Waals surface area contributed by atoms with Crippen molar-refractivity contribution in [3.8, 4) is 5.69 Å². The van der Waals surface area contributed by atoms with Crippen molar-refractivity contribution in [3.63, 3.8) is 0 Å². The number of hydrogen-bond acceptors (Lipinski definition) is 6. The molecule has 9 nitrogen and oxygen atoms in total. The summed E-state index contributed by atoms with van der Waals surface area (Å²) in [4.78, 5) is 31.3. The average molecular weight is 713 g/mol. The zero-order valence-corrected chi connectivity index (χ0v) is 32.8. The molecule has 284 valence electrons. The third-order valence-electron chi connectivity index (χ3n) is 11.1. The van der Waals surface area contributed by atoms with E-state index in [9.17, 15) is 9.59 Å². The summed E-state index contributed by atoms with van der Waals surface area (Å²) in [5.74, 6) is 4.03. The lowest BCUT2D eigenvalue weighted by Gasteiger charge is -2.36. The van der Waals surface area contributed by atoms with Gasteiger partial charge in [-0.15, -0.1) is 0 Å². The molecule has 0 bridgehead atoms. The molecule has 1 saturated heterocycles. The summed E-state index contributed by atoms with van der Waals surface area (Å²) in [6.45, 7) is 20.0. The first kappa shape index (κ1) is 40.8. The summed E-state index contributed by atoms with van der Waals surface area (Å²) in [5.41, 5.74) is 3.95. The maximum atomic E-state index is 12.9. The van der Waals surface area contributed by atoms with E-state index >= 15 is 0 Å². The predicted octanol–water partition coefficient (Wildman–Crippen LogP) is 9.01. The number of hydrogen-bond donors (Lipinski definition) is 2. The van der Waals surface area contributed by atoms with Crippen LogP contribution in [0.25, 0.3) is 5.69 Å². The van der Waals surface area contributed by atoms with Gasteiger partial charge in [-0.2, -0.15) is 5.10 Å². The van der Waals surface area contributed by atoms with Gasteiger partial charge in [0, 0.05) is 61.4 Å². The second kappa shape index (κ2) is 20.3. The number of carbonyl (C=O) groups is 2. The molecule has 6 unspecified atom stereocenters. The molecule has 3 fully saturated rings. The number of amides is 2. The van der Waals surface area contributed by atoms with Gasteiger partial charge in [0.15, 0.2) is 0 Å². The van der Waals surface area contributed by atoms with E-state index in [1.54, 1.807) is 13.2 Å². The zero-order chi connectivity index (χ0) is 37.6. The van der Waals surface area contributed by atoms with Gasteiger partial charge < -0.3 is 25.3 Å². The second-order valence-electron chi connectivity index (χ2n) is 15.8. The summed E-state index contributed by atoms with van der Waals surface area (Å²) < 4.78 is 7.21. The molecule has 2 aromatic carbocycles. The van der Waals surface area contributed by atoms with Crippen LogP contribution in [-0.4, -0.2) is 61.7 Å². The predicted molar refractivity (Wildman–Crippen MR) is 215 cm³/mol. The van der Waals surface area contributed by atoms with Crippen molar-refractivity contribution >= 4 is 35.6 Å². The Labute approximate surface area is 313 Å². The zero-order valence-electron chi connectivity index (χ0n) is 32.8. The van der Waals surface area contributed by atoms with Crippen molar-refractivity contribution in [1.82, 2.24) is 9.78 Å². The Bertz CT molecular complexity index is 1500. The van der Waals surface area contributed by atoms with Crippen molar-refractivity contribution in [2.75, 3.05) is 48.9 Å². The molecule has 6 rings (SSSR count). The molecule has 2 N–H and O–H groups in total. The first-order valence-corrected chi connectivity index (χ1v) is 19.5. The van der Waals surface area contributed by atoms with Gasteiger partial charge in [0.25, 0.3) is 0 Å². The lowest BCUT2D eigenvalue weighted by molar-refractivity contribution is -0.124. The largest absolute Gasteiger partial charge is 0.378 e. The normalized spacial score (nSPS) is 24.5. The molecule has 0 spiro atoms. The molecule has 1 aromatic heterocycles. The van der Waals surface area contributed by atoms with Crippen LogP contribution >= 0.6 is 0 Å². The van der Waals surface area contributed by atoms with Crippen LogP contribution in [-0.2, 0) is 14.3 Å². The third-order valence-corrected chi connectivity index (χ3v) is 11.1. The van der Waals surface area contributed by atoms with Gasteiger partial charge in [-0.1, -0.05) is 54.4 Å². The highest BCUT2D eigenvalue weighted by Crippen LogP contribution is 2.40. The first-order valence-electron chi connectivity index (χ1n) is 19.5. The fourth-order valence-electron chi connectivity index (χ4n) is 8.17. The number of nitrogens with one attached hydrogen (secondary N) is 2. The lowest BCUT2D eigenvalue weighted by Crippen LogP contribution is -2.37. The van der Waals surface area contributed by atoms with Crippen molar-refractivity contribution in [1.29, 1.82) is 0 Å². The molecule has 2 heterocycles. The quantitative estimate of drug-likeness (QED) is 0.227. The summed E-state index contributed by atoms with van der Waals surface area (Å²) >= 11 is 0. The molecule has 3 aliphatic rings. The van der Waals surface area contributed by atoms with Gasteiger partial charge in [-0.3, -0.25) is 9.59 Å². The van der Waals surface area contributed by atoms with Crippen LogP contribution in [0.3, 0.4) is 0 Å². The first-order chi connectivity index (χ1) is 25.0. The SMILES string of the molecule is C=NC.CC1CCC(C(C)C)C(C(=O)Nc2ccc(-n3cccn3)cc2)C1.CC1CCC(C(C)C)C(C(=O)Nc2ccc(N3CCOCC3)cc2)C1. The van der Waals surface area contributed by atoms with Crippen molar-refractivity contribution in [3.05, 3.63) is 67.0 Å². The van der Waals surface area contributed by atoms with Crippen LogP contribution < -0.4 is 15.5 Å². The minimum atomic E-state index is 0.125. The lowest BCUT2D eigenvalue weighted by atomic mass is 9.70. The van der Waals surface area contributed by atoms with Crippen LogP contribution in [0.1, 0.15) is 80.1 Å². The molecule has 6 atom stereocenters. The third kappa shape index (κ3) is 11.8. The summed E-state index contributed by atoms with van der Waals surface area (Å²) in [6.07, 6.45) is 10.5. The number of rotatable bonds is 8. The van der Waals surface area contributed by atoms with E-state index in [4.69, 9.17) is 4.74 Å². The minimum absolute atomic E-state index is 0.125. The molecule has 3 aromatic rings. The van der Waals surface area contributed by atoms with E-state index in [0.29, 0.717) is 35.5 Å². The van der Waals surface area contributed by atoms with E-state index in [2.05, 4.69) is 86.0 Å². The molecular weight excluding hydrogens is 649 g/mol. The summed E-state index contributed by atoms with van der Waals surface area (Å²) in [7, 11) is 1.64. The highest BCUT2D eigenvalue weighted by Gasteiger charge is 2.36. The molecule has 2 amide bonds. The van der Waals surface area contributed by atoms with E-state index in [1.807, 2.05) is 53.3 Å². The van der Waals surface area contributed by atoms with Gasteiger partial charge in [-0.05, 0) is 123 Å². The van der Waals surface area contributed by atoms with Crippen LogP contribution in [0.2, 0.25) is 0 Å². The van der Waals surface area contributed by atoms with Gasteiger partial charge in [0.05, 0.1) is 18.9 Å². The Balaban J connectivity index is 0.000000217. The topological polar surface area (TPSA) is 101 Å². The molecule has 2 saturated carbocycles. The van der Waals surface area contributed by atoms with Crippen LogP contribution in [0.15, 0.2) is 72.0 Å². The highest BCUT2D eigenvalue weighted by molar-refractivity contribution is 5.93. The monoisotopic (exact) mass is 713 g/mol. The molecule has 1 aliphatic heterocycles. The smallest absolute Gasteiger partial charge is 0.227 e. The van der Waals surface area contributed by atoms with Crippen molar-refractivity contribution in [2.45, 2.75) is 80.1 Å². The number of carbonyl (C=O) groups excluding carboxylic acids is 2.